The number of hydrogen-bond acceptors (Lipinski definition) is 5. The van der Waals surface area contributed by atoms with Crippen LogP contribution in [0.3, 0.4) is 0 Å². The quantitative estimate of drug-likeness (QED) is 0.618. The molecule has 0 saturated carbocycles. The van der Waals surface area contributed by atoms with Gasteiger partial charge in [-0.1, -0.05) is 6.92 Å². The number of amides is 1. The second kappa shape index (κ2) is 9.30. The molecule has 1 amide bonds. The fourth-order valence-electron chi connectivity index (χ4n) is 1.13. The molecule has 0 spiro atoms. The number of thioether (sulfide) groups is 1. The summed E-state index contributed by atoms with van der Waals surface area (Å²) in [6.07, 6.45) is 2.61. The molecule has 0 saturated heterocycles. The maximum atomic E-state index is 11.5. The number of nitrogens with one attached hydrogen (secondary N) is 1. The molecule has 5 nitrogen and oxygen atoms in total. The van der Waals surface area contributed by atoms with Gasteiger partial charge in [0.15, 0.2) is 0 Å². The van der Waals surface area contributed by atoms with Crippen molar-refractivity contribution in [3.8, 4) is 0 Å². The average molecular weight is 262 g/mol. The van der Waals surface area contributed by atoms with Gasteiger partial charge in [0, 0.05) is 6.54 Å². The Morgan fingerprint density at radius 2 is 2.12 bits per heavy atom. The molecule has 100 valence electrons. The van der Waals surface area contributed by atoms with Crippen LogP contribution in [0.2, 0.25) is 0 Å². The van der Waals surface area contributed by atoms with E-state index in [1.165, 1.54) is 0 Å². The van der Waals surface area contributed by atoms with E-state index in [0.29, 0.717) is 13.0 Å². The highest BCUT2D eigenvalue weighted by Gasteiger charge is 2.17. The lowest BCUT2D eigenvalue weighted by Crippen LogP contribution is -2.43. The Morgan fingerprint density at radius 3 is 2.65 bits per heavy atom. The summed E-state index contributed by atoms with van der Waals surface area (Å²) in [5.74, 6) is -0.00510. The van der Waals surface area contributed by atoms with Crippen LogP contribution in [0, 0.1) is 5.92 Å². The molecule has 0 heterocycles. The Hall–Kier alpha value is -0.750. The smallest absolute Gasteiger partial charge is 0.310 e. The van der Waals surface area contributed by atoms with Crippen LogP contribution in [0.5, 0.6) is 0 Å². The van der Waals surface area contributed by atoms with Crippen LogP contribution in [0.4, 0.5) is 0 Å². The van der Waals surface area contributed by atoms with Crippen molar-refractivity contribution in [1.82, 2.24) is 5.32 Å². The first-order valence-corrected chi connectivity index (χ1v) is 7.11. The van der Waals surface area contributed by atoms with Crippen LogP contribution >= 0.6 is 11.8 Å². The average Bonchev–Trinajstić information content (AvgIpc) is 2.32. The van der Waals surface area contributed by atoms with Crippen molar-refractivity contribution in [2.24, 2.45) is 11.7 Å². The molecule has 0 aromatic heterocycles. The first-order valence-electron chi connectivity index (χ1n) is 5.71. The summed E-state index contributed by atoms with van der Waals surface area (Å²) in [4.78, 5) is 22.8. The molecule has 0 aromatic rings. The first kappa shape index (κ1) is 16.2. The predicted octanol–water partition coefficient (Wildman–Crippen LogP) is 0.382. The van der Waals surface area contributed by atoms with E-state index in [9.17, 15) is 9.59 Å². The van der Waals surface area contributed by atoms with E-state index in [0.717, 1.165) is 5.75 Å². The van der Waals surface area contributed by atoms with E-state index in [1.54, 1.807) is 25.6 Å². The van der Waals surface area contributed by atoms with Crippen molar-refractivity contribution in [3.05, 3.63) is 0 Å². The molecule has 0 aliphatic heterocycles. The van der Waals surface area contributed by atoms with Gasteiger partial charge in [-0.15, -0.1) is 0 Å². The molecular formula is C11H22N2O3S. The van der Waals surface area contributed by atoms with E-state index in [4.69, 9.17) is 10.5 Å². The number of nitrogens with two attached hydrogens (primary N) is 1. The second-order valence-corrected chi connectivity index (χ2v) is 4.77. The standard InChI is InChI=1S/C11H22N2O3S/c1-4-16-11(15)8(2)7-13-10(14)9(12)5-6-17-3/h8-9H,4-7,12H2,1-3H3,(H,13,14)/t8?,9-/m0/s1. The Balaban J connectivity index is 3.86. The van der Waals surface area contributed by atoms with Crippen LogP contribution < -0.4 is 11.1 Å². The molecule has 0 bridgehead atoms. The van der Waals surface area contributed by atoms with Gasteiger partial charge in [0.25, 0.3) is 0 Å². The van der Waals surface area contributed by atoms with Gasteiger partial charge in [-0.05, 0) is 25.4 Å². The molecule has 0 aromatic carbocycles. The second-order valence-electron chi connectivity index (χ2n) is 3.79. The Morgan fingerprint density at radius 1 is 1.47 bits per heavy atom. The maximum absolute atomic E-state index is 11.5. The number of carbonyl (C=O) groups is 2. The summed E-state index contributed by atoms with van der Waals surface area (Å²) < 4.78 is 4.84. The summed E-state index contributed by atoms with van der Waals surface area (Å²) in [5, 5.41) is 2.66. The minimum absolute atomic E-state index is 0.213. The minimum Gasteiger partial charge on any atom is -0.466 e. The number of esters is 1. The van der Waals surface area contributed by atoms with E-state index in [1.807, 2.05) is 6.26 Å². The van der Waals surface area contributed by atoms with E-state index in [2.05, 4.69) is 5.32 Å². The van der Waals surface area contributed by atoms with Crippen LogP contribution in [-0.2, 0) is 14.3 Å². The zero-order valence-electron chi connectivity index (χ0n) is 10.7. The minimum atomic E-state index is -0.503. The molecular weight excluding hydrogens is 240 g/mol. The van der Waals surface area contributed by atoms with Gasteiger partial charge in [0.2, 0.25) is 5.91 Å². The summed E-state index contributed by atoms with van der Waals surface area (Å²) >= 11 is 1.65. The van der Waals surface area contributed by atoms with Crippen molar-refractivity contribution in [1.29, 1.82) is 0 Å². The van der Waals surface area contributed by atoms with Crippen LogP contribution in [-0.4, -0.2) is 43.1 Å². The molecule has 2 atom stereocenters. The third-order valence-corrected chi connectivity index (χ3v) is 2.89. The van der Waals surface area contributed by atoms with Crippen LogP contribution in [0.1, 0.15) is 20.3 Å². The molecule has 0 radical (unpaired) electrons. The fourth-order valence-corrected chi connectivity index (χ4v) is 1.62. The van der Waals surface area contributed by atoms with Crippen molar-refractivity contribution >= 4 is 23.6 Å². The van der Waals surface area contributed by atoms with E-state index < -0.39 is 6.04 Å². The van der Waals surface area contributed by atoms with E-state index in [-0.39, 0.29) is 24.3 Å². The van der Waals surface area contributed by atoms with Gasteiger partial charge >= 0.3 is 5.97 Å². The molecule has 0 fully saturated rings. The lowest BCUT2D eigenvalue weighted by atomic mass is 10.1. The van der Waals surface area contributed by atoms with Gasteiger partial charge in [-0.3, -0.25) is 9.59 Å². The molecule has 0 aliphatic carbocycles. The first-order chi connectivity index (χ1) is 8.02. The number of rotatable bonds is 8. The summed E-state index contributed by atoms with van der Waals surface area (Å²) in [5.41, 5.74) is 5.68. The molecule has 17 heavy (non-hydrogen) atoms. The summed E-state index contributed by atoms with van der Waals surface area (Å²) in [6.45, 7) is 4.09. The number of ether oxygens (including phenoxy) is 1. The Labute approximate surface area is 107 Å². The van der Waals surface area contributed by atoms with Crippen molar-refractivity contribution in [2.75, 3.05) is 25.2 Å². The molecule has 0 rings (SSSR count). The Bertz CT molecular complexity index is 249. The van der Waals surface area contributed by atoms with Crippen LogP contribution in [0.15, 0.2) is 0 Å². The fraction of sp³-hybridized carbons (Fsp3) is 0.818. The largest absolute Gasteiger partial charge is 0.466 e. The SMILES string of the molecule is CCOC(=O)C(C)CNC(=O)[C@@H](N)CCSC. The van der Waals surface area contributed by atoms with Gasteiger partial charge < -0.3 is 15.8 Å². The summed E-state index contributed by atoms with van der Waals surface area (Å²) in [7, 11) is 0. The molecule has 3 N–H and O–H groups in total. The molecule has 6 heteroatoms. The van der Waals surface area contributed by atoms with Gasteiger partial charge in [-0.2, -0.15) is 11.8 Å². The maximum Gasteiger partial charge on any atom is 0.310 e. The van der Waals surface area contributed by atoms with Gasteiger partial charge in [0.1, 0.15) is 0 Å². The van der Waals surface area contributed by atoms with Crippen molar-refractivity contribution in [2.45, 2.75) is 26.3 Å². The lowest BCUT2D eigenvalue weighted by Gasteiger charge is -2.14. The van der Waals surface area contributed by atoms with Crippen molar-refractivity contribution < 1.29 is 14.3 Å². The zero-order valence-corrected chi connectivity index (χ0v) is 11.5. The van der Waals surface area contributed by atoms with Gasteiger partial charge in [-0.25, -0.2) is 0 Å². The predicted molar refractivity (Wildman–Crippen MR) is 69.8 cm³/mol. The van der Waals surface area contributed by atoms with Crippen molar-refractivity contribution in [3.63, 3.8) is 0 Å². The zero-order chi connectivity index (χ0) is 13.3. The lowest BCUT2D eigenvalue weighted by molar-refractivity contribution is -0.147. The number of carbonyl (C=O) groups excluding carboxylic acids is 2. The van der Waals surface area contributed by atoms with E-state index >= 15 is 0 Å². The molecule has 0 aliphatic rings. The highest BCUT2D eigenvalue weighted by Crippen LogP contribution is 2.00. The highest BCUT2D eigenvalue weighted by atomic mass is 32.2. The third kappa shape index (κ3) is 7.23. The Kier molecular flexibility index (Phi) is 8.89. The number of hydrogen-bond donors (Lipinski definition) is 2. The highest BCUT2D eigenvalue weighted by molar-refractivity contribution is 7.98. The monoisotopic (exact) mass is 262 g/mol. The topological polar surface area (TPSA) is 81.4 Å². The molecule has 1 unspecified atom stereocenters. The van der Waals surface area contributed by atoms with Gasteiger partial charge in [0.05, 0.1) is 18.6 Å². The normalized spacial score (nSPS) is 13.9. The van der Waals surface area contributed by atoms with Crippen LogP contribution in [0.25, 0.3) is 0 Å². The summed E-state index contributed by atoms with van der Waals surface area (Å²) in [6, 6.07) is -0.503. The third-order valence-electron chi connectivity index (χ3n) is 2.24.